The van der Waals surface area contributed by atoms with E-state index in [0.717, 1.165) is 5.56 Å². The molecule has 1 aliphatic heterocycles. The maximum Gasteiger partial charge on any atom is 0.391 e. The lowest BCUT2D eigenvalue weighted by Gasteiger charge is -2.32. The second-order valence-electron chi connectivity index (χ2n) is 4.65. The average Bonchev–Trinajstić information content (AvgIpc) is 2.39. The normalized spacial score (nSPS) is 18.5. The van der Waals surface area contributed by atoms with Gasteiger partial charge >= 0.3 is 6.18 Å². The molecule has 0 amide bonds. The zero-order valence-electron chi connectivity index (χ0n) is 10.7. The second kappa shape index (κ2) is 5.73. The number of hydrogen-bond acceptors (Lipinski definition) is 4. The molecule has 0 aliphatic carbocycles. The van der Waals surface area contributed by atoms with Crippen LogP contribution in [0.15, 0.2) is 12.5 Å². The van der Waals surface area contributed by atoms with Crippen LogP contribution in [0.25, 0.3) is 0 Å². The van der Waals surface area contributed by atoms with Gasteiger partial charge in [0.05, 0.1) is 13.0 Å². The van der Waals surface area contributed by atoms with Crippen LogP contribution in [0.3, 0.4) is 0 Å². The van der Waals surface area contributed by atoms with E-state index in [2.05, 4.69) is 9.97 Å². The van der Waals surface area contributed by atoms with Gasteiger partial charge in [0.2, 0.25) is 5.88 Å². The number of alkyl halides is 3. The monoisotopic (exact) mass is 275 g/mol. The van der Waals surface area contributed by atoms with Crippen molar-refractivity contribution in [2.75, 3.05) is 20.2 Å². The van der Waals surface area contributed by atoms with Crippen molar-refractivity contribution in [3.05, 3.63) is 18.1 Å². The quantitative estimate of drug-likeness (QED) is 0.848. The largest absolute Gasteiger partial charge is 0.481 e. The summed E-state index contributed by atoms with van der Waals surface area (Å²) in [5, 5.41) is 0. The number of aromatic nitrogens is 2. The Hall–Kier alpha value is -1.37. The van der Waals surface area contributed by atoms with Gasteiger partial charge in [0.1, 0.15) is 6.33 Å². The molecule has 0 spiro atoms. The van der Waals surface area contributed by atoms with Crippen molar-refractivity contribution in [2.24, 2.45) is 5.92 Å². The third-order valence-electron chi connectivity index (χ3n) is 3.38. The summed E-state index contributed by atoms with van der Waals surface area (Å²) >= 11 is 0. The summed E-state index contributed by atoms with van der Waals surface area (Å²) in [4.78, 5) is 9.87. The molecule has 1 aliphatic rings. The van der Waals surface area contributed by atoms with Gasteiger partial charge in [0.25, 0.3) is 0 Å². The summed E-state index contributed by atoms with van der Waals surface area (Å²) in [6.45, 7) is 1.39. The van der Waals surface area contributed by atoms with Gasteiger partial charge in [-0.15, -0.1) is 0 Å². The molecule has 7 heteroatoms. The molecule has 0 radical (unpaired) electrons. The number of likely N-dealkylation sites (tertiary alicyclic amines) is 1. The molecule has 1 aromatic heterocycles. The third-order valence-corrected chi connectivity index (χ3v) is 3.38. The van der Waals surface area contributed by atoms with Crippen LogP contribution in [0, 0.1) is 5.92 Å². The number of ether oxygens (including phenoxy) is 1. The average molecular weight is 275 g/mol. The van der Waals surface area contributed by atoms with Gasteiger partial charge in [-0.25, -0.2) is 9.97 Å². The van der Waals surface area contributed by atoms with E-state index in [-0.39, 0.29) is 12.8 Å². The van der Waals surface area contributed by atoms with E-state index in [1.807, 2.05) is 4.90 Å². The Labute approximate surface area is 109 Å². The van der Waals surface area contributed by atoms with Gasteiger partial charge in [-0.3, -0.25) is 4.90 Å². The standard InChI is InChI=1S/C12H16F3N3O/c1-19-11-9(6-16-8-17-11)7-18-4-2-10(3-5-18)12(13,14)15/h6,8,10H,2-5,7H2,1H3. The first-order valence-corrected chi connectivity index (χ1v) is 6.12. The van der Waals surface area contributed by atoms with Crippen LogP contribution < -0.4 is 4.74 Å². The van der Waals surface area contributed by atoms with E-state index in [0.29, 0.717) is 25.5 Å². The molecule has 0 aromatic carbocycles. The smallest absolute Gasteiger partial charge is 0.391 e. The first-order valence-electron chi connectivity index (χ1n) is 6.12. The van der Waals surface area contributed by atoms with E-state index in [1.165, 1.54) is 13.4 Å². The number of nitrogens with zero attached hydrogens (tertiary/aromatic N) is 3. The molecule has 0 atom stereocenters. The van der Waals surface area contributed by atoms with Crippen LogP contribution in [0.2, 0.25) is 0 Å². The number of hydrogen-bond donors (Lipinski definition) is 0. The highest BCUT2D eigenvalue weighted by Crippen LogP contribution is 2.34. The Bertz CT molecular complexity index is 417. The number of halogens is 3. The SMILES string of the molecule is COc1ncncc1CN1CCC(C(F)(F)F)CC1. The predicted octanol–water partition coefficient (Wildman–Crippen LogP) is 2.26. The molecular weight excluding hydrogens is 259 g/mol. The minimum Gasteiger partial charge on any atom is -0.481 e. The van der Waals surface area contributed by atoms with Crippen LogP contribution in [0.1, 0.15) is 18.4 Å². The first kappa shape index (κ1) is 14.0. The van der Waals surface area contributed by atoms with E-state index in [9.17, 15) is 13.2 Å². The molecule has 2 heterocycles. The Balaban J connectivity index is 1.92. The Kier molecular flexibility index (Phi) is 4.24. The van der Waals surface area contributed by atoms with Crippen molar-refractivity contribution >= 4 is 0 Å². The number of rotatable bonds is 3. The van der Waals surface area contributed by atoms with Gasteiger partial charge in [-0.1, -0.05) is 0 Å². The minimum atomic E-state index is -4.07. The van der Waals surface area contributed by atoms with Gasteiger partial charge in [0.15, 0.2) is 0 Å². The second-order valence-corrected chi connectivity index (χ2v) is 4.65. The molecule has 2 rings (SSSR count). The molecule has 0 N–H and O–H groups in total. The van der Waals surface area contributed by atoms with Crippen molar-refractivity contribution in [3.8, 4) is 5.88 Å². The van der Waals surface area contributed by atoms with Crippen LogP contribution in [0.4, 0.5) is 13.2 Å². The Morgan fingerprint density at radius 2 is 2.05 bits per heavy atom. The molecule has 1 aromatic rings. The molecule has 1 saturated heterocycles. The molecule has 0 bridgehead atoms. The third kappa shape index (κ3) is 3.56. The zero-order chi connectivity index (χ0) is 13.9. The van der Waals surface area contributed by atoms with Crippen molar-refractivity contribution < 1.29 is 17.9 Å². The van der Waals surface area contributed by atoms with Gasteiger partial charge in [0, 0.05) is 18.3 Å². The van der Waals surface area contributed by atoms with Gasteiger partial charge in [-0.05, 0) is 25.9 Å². The topological polar surface area (TPSA) is 38.3 Å². The fourth-order valence-electron chi connectivity index (χ4n) is 2.30. The molecule has 1 fully saturated rings. The van der Waals surface area contributed by atoms with Crippen LogP contribution in [-0.2, 0) is 6.54 Å². The van der Waals surface area contributed by atoms with Crippen molar-refractivity contribution in [2.45, 2.75) is 25.6 Å². The van der Waals surface area contributed by atoms with E-state index in [1.54, 1.807) is 6.20 Å². The van der Waals surface area contributed by atoms with Crippen molar-refractivity contribution in [1.82, 2.24) is 14.9 Å². The molecular formula is C12H16F3N3O. The summed E-state index contributed by atoms with van der Waals surface area (Å²) in [6.07, 6.45) is -0.738. The highest BCUT2D eigenvalue weighted by molar-refractivity contribution is 5.21. The molecule has 0 unspecified atom stereocenters. The van der Waals surface area contributed by atoms with E-state index in [4.69, 9.17) is 4.74 Å². The van der Waals surface area contributed by atoms with Crippen LogP contribution in [0.5, 0.6) is 5.88 Å². The molecule has 4 nitrogen and oxygen atoms in total. The van der Waals surface area contributed by atoms with Crippen molar-refractivity contribution in [3.63, 3.8) is 0 Å². The Morgan fingerprint density at radius 3 is 2.63 bits per heavy atom. The molecule has 0 saturated carbocycles. The first-order chi connectivity index (χ1) is 9.00. The lowest BCUT2D eigenvalue weighted by Crippen LogP contribution is -2.38. The van der Waals surface area contributed by atoms with Gasteiger partial charge in [-0.2, -0.15) is 13.2 Å². The Morgan fingerprint density at radius 1 is 1.37 bits per heavy atom. The predicted molar refractivity (Wildman–Crippen MR) is 62.6 cm³/mol. The fourth-order valence-corrected chi connectivity index (χ4v) is 2.30. The van der Waals surface area contributed by atoms with E-state index >= 15 is 0 Å². The highest BCUT2D eigenvalue weighted by atomic mass is 19.4. The van der Waals surface area contributed by atoms with E-state index < -0.39 is 12.1 Å². The van der Waals surface area contributed by atoms with Gasteiger partial charge < -0.3 is 4.74 Å². The summed E-state index contributed by atoms with van der Waals surface area (Å²) < 4.78 is 42.8. The fraction of sp³-hybridized carbons (Fsp3) is 0.667. The number of piperidine rings is 1. The summed E-state index contributed by atoms with van der Waals surface area (Å²) in [5.41, 5.74) is 0.801. The maximum absolute atomic E-state index is 12.6. The van der Waals surface area contributed by atoms with Crippen LogP contribution >= 0.6 is 0 Å². The summed E-state index contributed by atoms with van der Waals surface area (Å²) in [5.74, 6) is -0.689. The minimum absolute atomic E-state index is 0.152. The molecule has 106 valence electrons. The summed E-state index contributed by atoms with van der Waals surface area (Å²) in [7, 11) is 1.52. The maximum atomic E-state index is 12.6. The lowest BCUT2D eigenvalue weighted by molar-refractivity contribution is -0.185. The zero-order valence-corrected chi connectivity index (χ0v) is 10.7. The molecule has 19 heavy (non-hydrogen) atoms. The highest BCUT2D eigenvalue weighted by Gasteiger charge is 2.41. The number of methoxy groups -OCH3 is 1. The van der Waals surface area contributed by atoms with Crippen molar-refractivity contribution in [1.29, 1.82) is 0 Å². The summed E-state index contributed by atoms with van der Waals surface area (Å²) in [6, 6.07) is 0. The van der Waals surface area contributed by atoms with Crippen LogP contribution in [-0.4, -0.2) is 41.2 Å². The lowest BCUT2D eigenvalue weighted by atomic mass is 9.96.